The minimum atomic E-state index is -0.236. The number of amides is 1. The zero-order valence-electron chi connectivity index (χ0n) is 13.6. The minimum absolute atomic E-state index is 0.0230. The van der Waals surface area contributed by atoms with Crippen LogP contribution < -0.4 is 5.32 Å². The number of nitrogens with one attached hydrogen (secondary N) is 1. The van der Waals surface area contributed by atoms with E-state index in [9.17, 15) is 4.79 Å². The fourth-order valence-corrected chi connectivity index (χ4v) is 2.80. The van der Waals surface area contributed by atoms with E-state index < -0.39 is 0 Å². The quantitative estimate of drug-likeness (QED) is 0.707. The van der Waals surface area contributed by atoms with E-state index >= 15 is 0 Å². The van der Waals surface area contributed by atoms with E-state index in [0.29, 0.717) is 15.6 Å². The molecular weight excluding hydrogens is 361 g/mol. The smallest absolute Gasteiger partial charge is 0.322 e. The summed E-state index contributed by atoms with van der Waals surface area (Å²) >= 11 is 12.0. The molecule has 0 fully saturated rings. The standard InChI is InChI=1S/C18H15Cl2N3O2/c1-10-3-4-12(7-11(10)2)8-16(24)21-18-23-22-17(25-18)14-6-5-13(19)9-15(14)20/h3-7,9H,8H2,1-2H3,(H,21,23,24). The summed E-state index contributed by atoms with van der Waals surface area (Å²) in [6.45, 7) is 4.04. The number of aryl methyl sites for hydroxylation is 2. The van der Waals surface area contributed by atoms with E-state index in [1.807, 2.05) is 32.0 Å². The van der Waals surface area contributed by atoms with Crippen LogP contribution in [0.15, 0.2) is 40.8 Å². The molecule has 0 atom stereocenters. The van der Waals surface area contributed by atoms with Gasteiger partial charge >= 0.3 is 6.01 Å². The van der Waals surface area contributed by atoms with Crippen LogP contribution in [0.4, 0.5) is 6.01 Å². The normalized spacial score (nSPS) is 10.7. The number of aromatic nitrogens is 2. The molecule has 1 amide bonds. The predicted octanol–water partition coefficient (Wildman–Crippen LogP) is 4.84. The first-order valence-electron chi connectivity index (χ1n) is 7.57. The molecule has 25 heavy (non-hydrogen) atoms. The van der Waals surface area contributed by atoms with Gasteiger partial charge in [-0.15, -0.1) is 5.10 Å². The summed E-state index contributed by atoms with van der Waals surface area (Å²) in [6, 6.07) is 10.9. The summed E-state index contributed by atoms with van der Waals surface area (Å²) in [5, 5.41) is 11.2. The maximum Gasteiger partial charge on any atom is 0.322 e. The lowest BCUT2D eigenvalue weighted by Gasteiger charge is -2.04. The highest BCUT2D eigenvalue weighted by atomic mass is 35.5. The van der Waals surface area contributed by atoms with Crippen LogP contribution in [0, 0.1) is 13.8 Å². The lowest BCUT2D eigenvalue weighted by Crippen LogP contribution is -2.14. The van der Waals surface area contributed by atoms with Gasteiger partial charge in [-0.1, -0.05) is 46.5 Å². The molecule has 5 nitrogen and oxygen atoms in total. The molecule has 0 spiro atoms. The van der Waals surface area contributed by atoms with Crippen LogP contribution in [-0.4, -0.2) is 16.1 Å². The number of halogens is 2. The molecule has 0 aliphatic heterocycles. The third-order valence-corrected chi connectivity index (χ3v) is 4.32. The van der Waals surface area contributed by atoms with Gasteiger partial charge in [-0.25, -0.2) is 0 Å². The van der Waals surface area contributed by atoms with Crippen LogP contribution in [-0.2, 0) is 11.2 Å². The van der Waals surface area contributed by atoms with E-state index in [-0.39, 0.29) is 24.2 Å². The summed E-state index contributed by atoms with van der Waals surface area (Å²) in [4.78, 5) is 12.2. The maximum absolute atomic E-state index is 12.2. The first-order chi connectivity index (χ1) is 11.9. The topological polar surface area (TPSA) is 68.0 Å². The van der Waals surface area contributed by atoms with E-state index in [2.05, 4.69) is 15.5 Å². The highest BCUT2D eigenvalue weighted by Gasteiger charge is 2.14. The van der Waals surface area contributed by atoms with Gasteiger partial charge in [0, 0.05) is 5.02 Å². The lowest BCUT2D eigenvalue weighted by molar-refractivity contribution is -0.115. The molecule has 3 rings (SSSR count). The third-order valence-electron chi connectivity index (χ3n) is 3.77. The van der Waals surface area contributed by atoms with Gasteiger partial charge in [-0.2, -0.15) is 0 Å². The zero-order valence-corrected chi connectivity index (χ0v) is 15.1. The van der Waals surface area contributed by atoms with E-state index in [4.69, 9.17) is 27.6 Å². The Morgan fingerprint density at radius 3 is 2.60 bits per heavy atom. The number of carbonyl (C=O) groups excluding carboxylic acids is 1. The Balaban J connectivity index is 1.70. The number of hydrogen-bond donors (Lipinski definition) is 1. The monoisotopic (exact) mass is 375 g/mol. The van der Waals surface area contributed by atoms with Crippen molar-refractivity contribution in [3.63, 3.8) is 0 Å². The third kappa shape index (κ3) is 4.18. The fraction of sp³-hybridized carbons (Fsp3) is 0.167. The van der Waals surface area contributed by atoms with E-state index in [1.54, 1.807) is 18.2 Å². The Hall–Kier alpha value is -2.37. The van der Waals surface area contributed by atoms with Crippen molar-refractivity contribution in [3.8, 4) is 11.5 Å². The maximum atomic E-state index is 12.2. The van der Waals surface area contributed by atoms with Gasteiger partial charge in [-0.3, -0.25) is 10.1 Å². The van der Waals surface area contributed by atoms with E-state index in [0.717, 1.165) is 11.1 Å². The van der Waals surface area contributed by atoms with E-state index in [1.165, 1.54) is 5.56 Å². The molecule has 7 heteroatoms. The minimum Gasteiger partial charge on any atom is -0.403 e. The Morgan fingerprint density at radius 1 is 1.08 bits per heavy atom. The number of carbonyl (C=O) groups is 1. The van der Waals surface area contributed by atoms with Crippen LogP contribution in [0.1, 0.15) is 16.7 Å². The molecular formula is C18H15Cl2N3O2. The van der Waals surface area contributed by atoms with Gasteiger partial charge < -0.3 is 4.42 Å². The lowest BCUT2D eigenvalue weighted by atomic mass is 10.0. The molecule has 0 saturated carbocycles. The zero-order chi connectivity index (χ0) is 18.0. The van der Waals surface area contributed by atoms with Crippen LogP contribution in [0.25, 0.3) is 11.5 Å². The van der Waals surface area contributed by atoms with Crippen LogP contribution in [0.2, 0.25) is 10.0 Å². The molecule has 0 aliphatic carbocycles. The second-order valence-corrected chi connectivity index (χ2v) is 6.52. The summed E-state index contributed by atoms with van der Waals surface area (Å²) < 4.78 is 5.46. The summed E-state index contributed by atoms with van der Waals surface area (Å²) in [6.07, 6.45) is 0.223. The van der Waals surface area contributed by atoms with Crippen molar-refractivity contribution in [2.75, 3.05) is 5.32 Å². The first kappa shape index (κ1) is 17.5. The highest BCUT2D eigenvalue weighted by molar-refractivity contribution is 6.36. The Kier molecular flexibility index (Phi) is 5.06. The van der Waals surface area contributed by atoms with Crippen molar-refractivity contribution in [1.82, 2.24) is 10.2 Å². The number of hydrogen-bond acceptors (Lipinski definition) is 4. The summed E-state index contributed by atoms with van der Waals surface area (Å²) in [7, 11) is 0. The molecule has 128 valence electrons. The first-order valence-corrected chi connectivity index (χ1v) is 8.33. The Morgan fingerprint density at radius 2 is 1.88 bits per heavy atom. The molecule has 0 bridgehead atoms. The number of anilines is 1. The molecule has 3 aromatic rings. The average molecular weight is 376 g/mol. The number of benzene rings is 2. The van der Waals surface area contributed by atoms with Gasteiger partial charge in [0.15, 0.2) is 0 Å². The second-order valence-electron chi connectivity index (χ2n) is 5.68. The summed E-state index contributed by atoms with van der Waals surface area (Å²) in [5.41, 5.74) is 3.79. The van der Waals surface area contributed by atoms with Crippen LogP contribution in [0.3, 0.4) is 0 Å². The molecule has 0 saturated heterocycles. The van der Waals surface area contributed by atoms with Crippen molar-refractivity contribution in [2.45, 2.75) is 20.3 Å². The van der Waals surface area contributed by atoms with Gasteiger partial charge in [-0.05, 0) is 48.7 Å². The molecule has 1 N–H and O–H groups in total. The molecule has 1 aromatic heterocycles. The van der Waals surface area contributed by atoms with Crippen molar-refractivity contribution in [2.24, 2.45) is 0 Å². The van der Waals surface area contributed by atoms with Crippen molar-refractivity contribution >= 4 is 35.1 Å². The van der Waals surface area contributed by atoms with Gasteiger partial charge in [0.25, 0.3) is 5.89 Å². The predicted molar refractivity (Wildman–Crippen MR) is 98.0 cm³/mol. The van der Waals surface area contributed by atoms with Crippen molar-refractivity contribution in [3.05, 3.63) is 63.1 Å². The van der Waals surface area contributed by atoms with Gasteiger partial charge in [0.1, 0.15) is 0 Å². The second kappa shape index (κ2) is 7.25. The molecule has 0 aliphatic rings. The largest absolute Gasteiger partial charge is 0.403 e. The van der Waals surface area contributed by atoms with Crippen LogP contribution >= 0.6 is 23.2 Å². The van der Waals surface area contributed by atoms with Gasteiger partial charge in [0.2, 0.25) is 5.91 Å². The SMILES string of the molecule is Cc1ccc(CC(=O)Nc2nnc(-c3ccc(Cl)cc3Cl)o2)cc1C. The molecule has 2 aromatic carbocycles. The van der Waals surface area contributed by atoms with Crippen molar-refractivity contribution < 1.29 is 9.21 Å². The number of rotatable bonds is 4. The average Bonchev–Trinajstić information content (AvgIpc) is 2.99. The highest BCUT2D eigenvalue weighted by Crippen LogP contribution is 2.30. The van der Waals surface area contributed by atoms with Crippen LogP contribution in [0.5, 0.6) is 0 Å². The molecule has 1 heterocycles. The number of nitrogens with zero attached hydrogens (tertiary/aromatic N) is 2. The van der Waals surface area contributed by atoms with Gasteiger partial charge in [0.05, 0.1) is 17.0 Å². The summed E-state index contributed by atoms with van der Waals surface area (Å²) in [5.74, 6) is -0.0243. The van der Waals surface area contributed by atoms with Crippen molar-refractivity contribution in [1.29, 1.82) is 0 Å². The molecule has 0 radical (unpaired) electrons. The molecule has 0 unspecified atom stereocenters. The fourth-order valence-electron chi connectivity index (χ4n) is 2.31. The Labute approximate surface area is 155 Å². The Bertz CT molecular complexity index is 938.